The van der Waals surface area contributed by atoms with Gasteiger partial charge in [0.15, 0.2) is 5.96 Å². The molecule has 1 aliphatic heterocycles. The highest BCUT2D eigenvalue weighted by Crippen LogP contribution is 2.17. The van der Waals surface area contributed by atoms with Crippen molar-refractivity contribution in [2.24, 2.45) is 4.99 Å². The largest absolute Gasteiger partial charge is 0.444 e. The van der Waals surface area contributed by atoms with Crippen molar-refractivity contribution < 1.29 is 9.53 Å². The van der Waals surface area contributed by atoms with Gasteiger partial charge in [-0.2, -0.15) is 0 Å². The van der Waals surface area contributed by atoms with Crippen LogP contribution in [-0.4, -0.2) is 54.8 Å². The Morgan fingerprint density at radius 3 is 2.17 bits per heavy atom. The molecule has 134 valence electrons. The number of aliphatic imine (C=N–C) groups is 1. The minimum atomic E-state index is -0.490. The van der Waals surface area contributed by atoms with Crippen LogP contribution in [0.5, 0.6) is 0 Å². The fourth-order valence-electron chi connectivity index (χ4n) is 2.75. The van der Waals surface area contributed by atoms with Gasteiger partial charge in [-0.15, -0.1) is 0 Å². The highest BCUT2D eigenvalue weighted by Gasteiger charge is 2.31. The molecule has 1 rings (SSSR count). The number of alkyl carbamates (subject to hydrolysis) is 1. The molecule has 0 spiro atoms. The van der Waals surface area contributed by atoms with Crippen LogP contribution >= 0.6 is 0 Å². The highest BCUT2D eigenvalue weighted by molar-refractivity contribution is 5.80. The number of amides is 1. The quantitative estimate of drug-likeness (QED) is 0.602. The van der Waals surface area contributed by atoms with Gasteiger partial charge in [-0.3, -0.25) is 4.99 Å². The third kappa shape index (κ3) is 6.28. The van der Waals surface area contributed by atoms with Crippen molar-refractivity contribution >= 4 is 12.1 Å². The normalized spacial score (nSPS) is 16.4. The van der Waals surface area contributed by atoms with Crippen LogP contribution in [0.4, 0.5) is 4.79 Å². The smallest absolute Gasteiger partial charge is 0.408 e. The third-order valence-electron chi connectivity index (χ3n) is 4.32. The number of guanidine groups is 1. The Balaban J connectivity index is 2.66. The number of likely N-dealkylation sites (tertiary alicyclic amines) is 1. The molecule has 1 aliphatic rings. The number of nitrogens with one attached hydrogen (secondary N) is 2. The number of carbonyl (C=O) groups is 1. The lowest BCUT2D eigenvalue weighted by molar-refractivity contribution is 0.0448. The van der Waals surface area contributed by atoms with E-state index in [9.17, 15) is 4.79 Å². The Morgan fingerprint density at radius 2 is 1.74 bits per heavy atom. The van der Waals surface area contributed by atoms with Gasteiger partial charge >= 0.3 is 6.09 Å². The molecule has 0 bridgehead atoms. The van der Waals surface area contributed by atoms with E-state index in [4.69, 9.17) is 4.74 Å². The Morgan fingerprint density at radius 1 is 1.17 bits per heavy atom. The summed E-state index contributed by atoms with van der Waals surface area (Å²) in [6, 6.07) is 0. The molecule has 0 aromatic heterocycles. The van der Waals surface area contributed by atoms with E-state index in [0.717, 1.165) is 31.9 Å². The van der Waals surface area contributed by atoms with Crippen LogP contribution in [0.2, 0.25) is 0 Å². The predicted octanol–water partition coefficient (Wildman–Crippen LogP) is 2.74. The molecule has 0 saturated carbocycles. The van der Waals surface area contributed by atoms with Gasteiger partial charge in [-0.25, -0.2) is 4.79 Å². The summed E-state index contributed by atoms with van der Waals surface area (Å²) in [5.41, 5.74) is -0.825. The first kappa shape index (κ1) is 19.6. The summed E-state index contributed by atoms with van der Waals surface area (Å²) < 4.78 is 5.41. The number of rotatable bonds is 5. The Labute approximate surface area is 141 Å². The molecule has 2 N–H and O–H groups in total. The fraction of sp³-hybridized carbons (Fsp3) is 0.882. The summed E-state index contributed by atoms with van der Waals surface area (Å²) in [6.07, 6.45) is 3.71. The van der Waals surface area contributed by atoms with Crippen molar-refractivity contribution in [3.05, 3.63) is 0 Å². The molecule has 1 saturated heterocycles. The monoisotopic (exact) mass is 326 g/mol. The van der Waals surface area contributed by atoms with Crippen molar-refractivity contribution in [3.8, 4) is 0 Å². The van der Waals surface area contributed by atoms with Gasteiger partial charge in [0.25, 0.3) is 0 Å². The summed E-state index contributed by atoms with van der Waals surface area (Å²) in [4.78, 5) is 18.8. The lowest BCUT2D eigenvalue weighted by atomic mass is 9.93. The molecule has 6 nitrogen and oxygen atoms in total. The summed E-state index contributed by atoms with van der Waals surface area (Å²) >= 11 is 0. The van der Waals surface area contributed by atoms with Crippen molar-refractivity contribution in [2.75, 3.05) is 26.7 Å². The Bertz CT molecular complexity index is 405. The zero-order valence-corrected chi connectivity index (χ0v) is 15.7. The molecule has 0 aliphatic carbocycles. The van der Waals surface area contributed by atoms with Crippen LogP contribution in [0.1, 0.15) is 60.3 Å². The second kappa shape index (κ2) is 8.41. The standard InChI is InChI=1S/C17H34N4O2/c1-7-17(8-2,20-15(22)23-16(3,4)5)13-19-14(18-6)21-11-9-10-12-21/h7-13H2,1-6H3,(H,18,19)(H,20,22). The van der Waals surface area contributed by atoms with Crippen molar-refractivity contribution in [1.82, 2.24) is 15.5 Å². The minimum absolute atomic E-state index is 0.335. The minimum Gasteiger partial charge on any atom is -0.444 e. The Hall–Kier alpha value is -1.46. The van der Waals surface area contributed by atoms with Crippen molar-refractivity contribution in [1.29, 1.82) is 0 Å². The van der Waals surface area contributed by atoms with E-state index in [1.807, 2.05) is 27.8 Å². The van der Waals surface area contributed by atoms with E-state index < -0.39 is 5.60 Å². The van der Waals surface area contributed by atoms with Crippen LogP contribution in [0.3, 0.4) is 0 Å². The van der Waals surface area contributed by atoms with E-state index in [1.54, 1.807) is 0 Å². The lowest BCUT2D eigenvalue weighted by Crippen LogP contribution is -2.57. The van der Waals surface area contributed by atoms with Crippen LogP contribution in [0.15, 0.2) is 4.99 Å². The number of nitrogens with zero attached hydrogens (tertiary/aromatic N) is 2. The first-order chi connectivity index (χ1) is 10.7. The van der Waals surface area contributed by atoms with Gasteiger partial charge in [0.2, 0.25) is 0 Å². The van der Waals surface area contributed by atoms with Crippen LogP contribution < -0.4 is 10.6 Å². The maximum atomic E-state index is 12.2. The molecule has 0 atom stereocenters. The molecule has 1 amide bonds. The summed E-state index contributed by atoms with van der Waals surface area (Å²) in [7, 11) is 1.81. The molecule has 0 aromatic carbocycles. The molecule has 23 heavy (non-hydrogen) atoms. The topological polar surface area (TPSA) is 66.0 Å². The third-order valence-corrected chi connectivity index (χ3v) is 4.32. The maximum Gasteiger partial charge on any atom is 0.408 e. The average Bonchev–Trinajstić information content (AvgIpc) is 2.99. The second-order valence-corrected chi connectivity index (χ2v) is 7.21. The average molecular weight is 326 g/mol. The van der Waals surface area contributed by atoms with E-state index in [0.29, 0.717) is 6.54 Å². The number of carbonyl (C=O) groups excluding carboxylic acids is 1. The SMILES string of the molecule is CCC(CC)(CNC(=NC)N1CCCC1)NC(=O)OC(C)(C)C. The summed E-state index contributed by atoms with van der Waals surface area (Å²) in [5.74, 6) is 0.916. The molecule has 0 radical (unpaired) electrons. The van der Waals surface area contributed by atoms with Crippen LogP contribution in [0, 0.1) is 0 Å². The van der Waals surface area contributed by atoms with E-state index >= 15 is 0 Å². The van der Waals surface area contributed by atoms with Crippen LogP contribution in [-0.2, 0) is 4.74 Å². The molecule has 1 heterocycles. The summed E-state index contributed by atoms with van der Waals surface area (Å²) in [5, 5.41) is 6.49. The Kier molecular flexibility index (Phi) is 7.16. The van der Waals surface area contributed by atoms with Crippen molar-refractivity contribution in [2.45, 2.75) is 71.4 Å². The highest BCUT2D eigenvalue weighted by atomic mass is 16.6. The first-order valence-corrected chi connectivity index (χ1v) is 8.72. The fourth-order valence-corrected chi connectivity index (χ4v) is 2.75. The lowest BCUT2D eigenvalue weighted by Gasteiger charge is -2.35. The number of hydrogen-bond acceptors (Lipinski definition) is 3. The first-order valence-electron chi connectivity index (χ1n) is 8.72. The van der Waals surface area contributed by atoms with E-state index in [1.165, 1.54) is 12.8 Å². The second-order valence-electron chi connectivity index (χ2n) is 7.21. The van der Waals surface area contributed by atoms with E-state index in [2.05, 4.69) is 34.4 Å². The van der Waals surface area contributed by atoms with Crippen molar-refractivity contribution in [3.63, 3.8) is 0 Å². The van der Waals surface area contributed by atoms with Gasteiger partial charge in [-0.05, 0) is 46.5 Å². The zero-order valence-electron chi connectivity index (χ0n) is 15.7. The van der Waals surface area contributed by atoms with Gasteiger partial charge in [0, 0.05) is 26.7 Å². The molecule has 6 heteroatoms. The molecular weight excluding hydrogens is 292 g/mol. The van der Waals surface area contributed by atoms with Gasteiger partial charge < -0.3 is 20.3 Å². The predicted molar refractivity (Wildman–Crippen MR) is 94.9 cm³/mol. The van der Waals surface area contributed by atoms with Crippen LogP contribution in [0.25, 0.3) is 0 Å². The van der Waals surface area contributed by atoms with Gasteiger partial charge in [-0.1, -0.05) is 13.8 Å². The molecule has 0 unspecified atom stereocenters. The molecule has 1 fully saturated rings. The van der Waals surface area contributed by atoms with E-state index in [-0.39, 0.29) is 11.6 Å². The zero-order chi connectivity index (χ0) is 17.5. The molecule has 0 aromatic rings. The number of hydrogen-bond donors (Lipinski definition) is 2. The van der Waals surface area contributed by atoms with Gasteiger partial charge in [0.05, 0.1) is 5.54 Å². The maximum absolute atomic E-state index is 12.2. The number of ether oxygens (including phenoxy) is 1. The molecular formula is C17H34N4O2. The summed E-state index contributed by atoms with van der Waals surface area (Å²) in [6.45, 7) is 12.5. The van der Waals surface area contributed by atoms with Gasteiger partial charge in [0.1, 0.15) is 5.60 Å².